The second-order valence-corrected chi connectivity index (χ2v) is 3.81. The van der Waals surface area contributed by atoms with Gasteiger partial charge in [0.15, 0.2) is 0 Å². The third-order valence-electron chi connectivity index (χ3n) is 2.12. The summed E-state index contributed by atoms with van der Waals surface area (Å²) in [5.41, 5.74) is 0.316. The quantitative estimate of drug-likeness (QED) is 0.871. The molecule has 6 nitrogen and oxygen atoms in total. The number of carboxylic acids is 1. The minimum Gasteiger partial charge on any atom is -0.477 e. The fourth-order valence-electron chi connectivity index (χ4n) is 1.24. The van der Waals surface area contributed by atoms with Gasteiger partial charge in [0, 0.05) is 5.92 Å². The molecule has 2 aromatic heterocycles. The Hall–Kier alpha value is -2.24. The molecule has 0 radical (unpaired) electrons. The lowest BCUT2D eigenvalue weighted by Crippen LogP contribution is -2.00. The van der Waals surface area contributed by atoms with Gasteiger partial charge in [-0.1, -0.05) is 19.9 Å². The van der Waals surface area contributed by atoms with Crippen molar-refractivity contribution < 1.29 is 14.3 Å². The van der Waals surface area contributed by atoms with Crippen LogP contribution >= 0.6 is 0 Å². The molecule has 2 heterocycles. The van der Waals surface area contributed by atoms with Crippen LogP contribution in [0.5, 0.6) is 0 Å². The van der Waals surface area contributed by atoms with Crippen molar-refractivity contribution in [3.05, 3.63) is 29.8 Å². The van der Waals surface area contributed by atoms with E-state index >= 15 is 0 Å². The third-order valence-corrected chi connectivity index (χ3v) is 2.12. The molecule has 0 aliphatic carbocycles. The summed E-state index contributed by atoms with van der Waals surface area (Å²) in [4.78, 5) is 14.7. The predicted octanol–water partition coefficient (Wildman–Crippen LogP) is 1.95. The summed E-state index contributed by atoms with van der Waals surface area (Å²) >= 11 is 0. The Morgan fingerprint density at radius 1 is 1.35 bits per heavy atom. The summed E-state index contributed by atoms with van der Waals surface area (Å²) in [5.74, 6) is -0.228. The zero-order valence-electron chi connectivity index (χ0n) is 9.41. The first-order valence-electron chi connectivity index (χ1n) is 5.12. The first-order chi connectivity index (χ1) is 8.08. The van der Waals surface area contributed by atoms with Crippen molar-refractivity contribution in [3.8, 4) is 11.6 Å². The van der Waals surface area contributed by atoms with E-state index in [1.165, 1.54) is 6.07 Å². The monoisotopic (exact) mass is 233 g/mol. The molecule has 0 aromatic carbocycles. The third kappa shape index (κ3) is 2.30. The Morgan fingerprint density at radius 2 is 2.12 bits per heavy atom. The second kappa shape index (κ2) is 4.32. The molecule has 0 unspecified atom stereocenters. The summed E-state index contributed by atoms with van der Waals surface area (Å²) in [6.45, 7) is 3.86. The van der Waals surface area contributed by atoms with Crippen LogP contribution < -0.4 is 0 Å². The minimum absolute atomic E-state index is 0.0493. The van der Waals surface area contributed by atoms with Crippen LogP contribution in [0.2, 0.25) is 0 Å². The smallest absolute Gasteiger partial charge is 0.354 e. The average Bonchev–Trinajstić information content (AvgIpc) is 2.78. The summed E-state index contributed by atoms with van der Waals surface area (Å²) < 4.78 is 5.39. The Labute approximate surface area is 97.3 Å². The maximum absolute atomic E-state index is 10.8. The summed E-state index contributed by atoms with van der Waals surface area (Å²) in [6, 6.07) is 4.63. The van der Waals surface area contributed by atoms with Crippen LogP contribution in [-0.2, 0) is 0 Å². The van der Waals surface area contributed by atoms with Gasteiger partial charge in [-0.15, -0.1) is 10.2 Å². The highest BCUT2D eigenvalue weighted by atomic mass is 16.4. The van der Waals surface area contributed by atoms with Gasteiger partial charge in [0.05, 0.1) is 0 Å². The van der Waals surface area contributed by atoms with Crippen LogP contribution in [0.4, 0.5) is 0 Å². The highest BCUT2D eigenvalue weighted by molar-refractivity contribution is 5.85. The lowest BCUT2D eigenvalue weighted by Gasteiger charge is -1.97. The molecule has 17 heavy (non-hydrogen) atoms. The second-order valence-electron chi connectivity index (χ2n) is 3.81. The number of aromatic nitrogens is 3. The Morgan fingerprint density at radius 3 is 2.71 bits per heavy atom. The number of nitrogens with zero attached hydrogens (tertiary/aromatic N) is 3. The van der Waals surface area contributed by atoms with Crippen molar-refractivity contribution in [3.63, 3.8) is 0 Å². The molecule has 0 spiro atoms. The van der Waals surface area contributed by atoms with Crippen molar-refractivity contribution in [2.75, 3.05) is 0 Å². The van der Waals surface area contributed by atoms with E-state index in [9.17, 15) is 4.79 Å². The Balaban J connectivity index is 2.38. The van der Waals surface area contributed by atoms with Crippen molar-refractivity contribution in [1.29, 1.82) is 0 Å². The lowest BCUT2D eigenvalue weighted by molar-refractivity contribution is 0.0690. The van der Waals surface area contributed by atoms with Gasteiger partial charge in [-0.05, 0) is 12.1 Å². The highest BCUT2D eigenvalue weighted by Gasteiger charge is 2.14. The van der Waals surface area contributed by atoms with Gasteiger partial charge in [0.25, 0.3) is 5.89 Å². The molecule has 0 saturated carbocycles. The summed E-state index contributed by atoms with van der Waals surface area (Å²) in [5, 5.41) is 16.5. The predicted molar refractivity (Wildman–Crippen MR) is 58.6 cm³/mol. The van der Waals surface area contributed by atoms with Crippen LogP contribution in [0.25, 0.3) is 11.6 Å². The van der Waals surface area contributed by atoms with Crippen LogP contribution in [0.15, 0.2) is 22.6 Å². The molecule has 2 aromatic rings. The van der Waals surface area contributed by atoms with E-state index in [0.29, 0.717) is 11.6 Å². The van der Waals surface area contributed by atoms with Crippen LogP contribution in [0.1, 0.15) is 36.1 Å². The standard InChI is InChI=1S/C11H11N3O3/c1-6(2)9-13-14-10(17-9)7-4-3-5-8(12-7)11(15)16/h3-6H,1-2H3,(H,15,16). The molecule has 0 atom stereocenters. The van der Waals surface area contributed by atoms with Gasteiger partial charge in [-0.25, -0.2) is 9.78 Å². The molecule has 1 N–H and O–H groups in total. The maximum Gasteiger partial charge on any atom is 0.354 e. The number of aromatic carboxylic acids is 1. The van der Waals surface area contributed by atoms with E-state index < -0.39 is 5.97 Å². The Kier molecular flexibility index (Phi) is 2.86. The number of pyridine rings is 1. The van der Waals surface area contributed by atoms with E-state index in [1.54, 1.807) is 12.1 Å². The molecule has 0 aliphatic heterocycles. The maximum atomic E-state index is 10.8. The fourth-order valence-corrected chi connectivity index (χ4v) is 1.24. The van der Waals surface area contributed by atoms with Crippen molar-refractivity contribution >= 4 is 5.97 Å². The first-order valence-corrected chi connectivity index (χ1v) is 5.12. The molecular formula is C11H11N3O3. The minimum atomic E-state index is -1.09. The normalized spacial score (nSPS) is 10.8. The molecule has 0 saturated heterocycles. The zero-order valence-corrected chi connectivity index (χ0v) is 9.41. The van der Waals surface area contributed by atoms with Crippen LogP contribution in [0, 0.1) is 0 Å². The number of carbonyl (C=O) groups is 1. The summed E-state index contributed by atoms with van der Waals surface area (Å²) in [7, 11) is 0. The molecule has 88 valence electrons. The topological polar surface area (TPSA) is 89.1 Å². The molecule has 0 fully saturated rings. The highest BCUT2D eigenvalue weighted by Crippen LogP contribution is 2.19. The molecule has 6 heteroatoms. The van der Waals surface area contributed by atoms with Crippen molar-refractivity contribution in [1.82, 2.24) is 15.2 Å². The number of hydrogen-bond acceptors (Lipinski definition) is 5. The first kappa shape index (κ1) is 11.3. The van der Waals surface area contributed by atoms with Gasteiger partial charge in [0.2, 0.25) is 5.89 Å². The number of hydrogen-bond donors (Lipinski definition) is 1. The van der Waals surface area contributed by atoms with Gasteiger partial charge in [0.1, 0.15) is 11.4 Å². The van der Waals surface area contributed by atoms with E-state index in [1.807, 2.05) is 13.8 Å². The molecule has 0 amide bonds. The zero-order chi connectivity index (χ0) is 12.4. The number of rotatable bonds is 3. The van der Waals surface area contributed by atoms with Gasteiger partial charge >= 0.3 is 5.97 Å². The van der Waals surface area contributed by atoms with Crippen molar-refractivity contribution in [2.45, 2.75) is 19.8 Å². The molecular weight excluding hydrogens is 222 g/mol. The Bertz CT molecular complexity index is 548. The van der Waals surface area contributed by atoms with Gasteiger partial charge < -0.3 is 9.52 Å². The fraction of sp³-hybridized carbons (Fsp3) is 0.273. The van der Waals surface area contributed by atoms with Gasteiger partial charge in [-0.3, -0.25) is 0 Å². The molecule has 0 bridgehead atoms. The van der Waals surface area contributed by atoms with E-state index in [0.717, 1.165) is 0 Å². The average molecular weight is 233 g/mol. The van der Waals surface area contributed by atoms with E-state index in [2.05, 4.69) is 15.2 Å². The molecule has 2 rings (SSSR count). The lowest BCUT2D eigenvalue weighted by atomic mass is 10.2. The summed E-state index contributed by atoms with van der Waals surface area (Å²) in [6.07, 6.45) is 0. The van der Waals surface area contributed by atoms with Crippen LogP contribution in [0.3, 0.4) is 0 Å². The van der Waals surface area contributed by atoms with Gasteiger partial charge in [-0.2, -0.15) is 0 Å². The largest absolute Gasteiger partial charge is 0.477 e. The van der Waals surface area contributed by atoms with Crippen LogP contribution in [-0.4, -0.2) is 26.3 Å². The van der Waals surface area contributed by atoms with Crippen molar-refractivity contribution in [2.24, 2.45) is 0 Å². The molecule has 0 aliphatic rings. The SMILES string of the molecule is CC(C)c1nnc(-c2cccc(C(=O)O)n2)o1. The van der Waals surface area contributed by atoms with E-state index in [4.69, 9.17) is 9.52 Å². The van der Waals surface area contributed by atoms with E-state index in [-0.39, 0.29) is 17.5 Å². The number of carboxylic acid groups (broad SMARTS) is 1.